The van der Waals surface area contributed by atoms with Crippen molar-refractivity contribution in [1.29, 1.82) is 0 Å². The van der Waals surface area contributed by atoms with Crippen LogP contribution in [0.15, 0.2) is 12.4 Å². The Morgan fingerprint density at radius 3 is 3.15 bits per heavy atom. The van der Waals surface area contributed by atoms with Gasteiger partial charge in [-0.15, -0.1) is 0 Å². The number of piperidine rings is 1. The van der Waals surface area contributed by atoms with Crippen LogP contribution in [0, 0.1) is 5.92 Å². The van der Waals surface area contributed by atoms with Gasteiger partial charge in [0.15, 0.2) is 0 Å². The van der Waals surface area contributed by atoms with E-state index in [9.17, 15) is 4.79 Å². The average Bonchev–Trinajstić information content (AvgIpc) is 2.82. The molecule has 20 heavy (non-hydrogen) atoms. The van der Waals surface area contributed by atoms with Crippen LogP contribution < -0.4 is 5.32 Å². The normalized spacial score (nSPS) is 20.0. The van der Waals surface area contributed by atoms with Gasteiger partial charge in [-0.25, -0.2) is 0 Å². The molecule has 0 bridgehead atoms. The SMILES string of the molecule is CN1CCCC(CCC(=O)NCCn2cc(Cl)cn2)C1. The molecule has 0 saturated carbocycles. The van der Waals surface area contributed by atoms with Crippen molar-refractivity contribution in [1.82, 2.24) is 20.0 Å². The number of carbonyl (C=O) groups excluding carboxylic acids is 1. The second-order valence-electron chi connectivity index (χ2n) is 5.58. The van der Waals surface area contributed by atoms with Crippen LogP contribution in [-0.4, -0.2) is 47.3 Å². The number of halogens is 1. The predicted octanol–water partition coefficient (Wildman–Crippen LogP) is 1.77. The van der Waals surface area contributed by atoms with Crippen LogP contribution >= 0.6 is 11.6 Å². The van der Waals surface area contributed by atoms with Gasteiger partial charge in [-0.05, 0) is 38.8 Å². The minimum Gasteiger partial charge on any atom is -0.354 e. The number of aromatic nitrogens is 2. The largest absolute Gasteiger partial charge is 0.354 e. The molecular weight excluding hydrogens is 276 g/mol. The van der Waals surface area contributed by atoms with Crippen LogP contribution in [0.1, 0.15) is 25.7 Å². The van der Waals surface area contributed by atoms with Crippen molar-refractivity contribution in [2.45, 2.75) is 32.2 Å². The minimum atomic E-state index is 0.136. The van der Waals surface area contributed by atoms with Gasteiger partial charge >= 0.3 is 0 Å². The Balaban J connectivity index is 1.58. The molecule has 0 spiro atoms. The van der Waals surface area contributed by atoms with Crippen LogP contribution in [0.5, 0.6) is 0 Å². The van der Waals surface area contributed by atoms with Crippen molar-refractivity contribution >= 4 is 17.5 Å². The maximum absolute atomic E-state index is 11.8. The predicted molar refractivity (Wildman–Crippen MR) is 79.7 cm³/mol. The van der Waals surface area contributed by atoms with Gasteiger partial charge in [-0.3, -0.25) is 9.48 Å². The number of rotatable bonds is 6. The van der Waals surface area contributed by atoms with E-state index in [2.05, 4.69) is 22.4 Å². The minimum absolute atomic E-state index is 0.136. The lowest BCUT2D eigenvalue weighted by atomic mass is 9.93. The third kappa shape index (κ3) is 5.13. The third-order valence-electron chi connectivity index (χ3n) is 3.77. The van der Waals surface area contributed by atoms with Crippen LogP contribution in [0.4, 0.5) is 0 Å². The molecule has 1 saturated heterocycles. The highest BCUT2D eigenvalue weighted by molar-refractivity contribution is 6.30. The molecule has 6 heteroatoms. The van der Waals surface area contributed by atoms with E-state index in [0.29, 0.717) is 30.5 Å². The Kier molecular flexibility index (Phi) is 5.86. The van der Waals surface area contributed by atoms with Crippen molar-refractivity contribution in [3.63, 3.8) is 0 Å². The maximum atomic E-state index is 11.8. The van der Waals surface area contributed by atoms with E-state index in [1.165, 1.54) is 19.4 Å². The van der Waals surface area contributed by atoms with Gasteiger partial charge in [0.1, 0.15) is 0 Å². The van der Waals surface area contributed by atoms with Crippen molar-refractivity contribution in [3.8, 4) is 0 Å². The van der Waals surface area contributed by atoms with Gasteiger partial charge in [0.05, 0.1) is 17.8 Å². The van der Waals surface area contributed by atoms with Crippen LogP contribution in [0.25, 0.3) is 0 Å². The first-order chi connectivity index (χ1) is 9.63. The maximum Gasteiger partial charge on any atom is 0.220 e. The molecular formula is C14H23ClN4O. The Hall–Kier alpha value is -1.07. The summed E-state index contributed by atoms with van der Waals surface area (Å²) in [6.45, 7) is 3.57. The molecule has 5 nitrogen and oxygen atoms in total. The number of carbonyl (C=O) groups is 1. The number of likely N-dealkylation sites (tertiary alicyclic amines) is 1. The molecule has 1 fully saturated rings. The molecule has 1 atom stereocenters. The first-order valence-corrected chi connectivity index (χ1v) is 7.64. The number of nitrogens with one attached hydrogen (secondary N) is 1. The second-order valence-corrected chi connectivity index (χ2v) is 6.02. The van der Waals surface area contributed by atoms with Gasteiger partial charge in [0, 0.05) is 25.7 Å². The molecule has 1 N–H and O–H groups in total. The molecule has 0 aliphatic carbocycles. The summed E-state index contributed by atoms with van der Waals surface area (Å²) in [7, 11) is 2.15. The quantitative estimate of drug-likeness (QED) is 0.871. The fourth-order valence-corrected chi connectivity index (χ4v) is 2.86. The summed E-state index contributed by atoms with van der Waals surface area (Å²) in [6, 6.07) is 0. The molecule has 1 aliphatic heterocycles. The number of amides is 1. The van der Waals surface area contributed by atoms with Gasteiger partial charge in [-0.1, -0.05) is 11.6 Å². The highest BCUT2D eigenvalue weighted by Crippen LogP contribution is 2.19. The number of nitrogens with zero attached hydrogens (tertiary/aromatic N) is 3. The molecule has 0 radical (unpaired) electrons. The summed E-state index contributed by atoms with van der Waals surface area (Å²) < 4.78 is 1.73. The standard InChI is InChI=1S/C14H23ClN4O/c1-18-7-2-3-12(10-18)4-5-14(20)16-6-8-19-11-13(15)9-17-19/h9,11-12H,2-8,10H2,1H3,(H,16,20). The van der Waals surface area contributed by atoms with Crippen molar-refractivity contribution < 1.29 is 4.79 Å². The van der Waals surface area contributed by atoms with Gasteiger partial charge in [0.2, 0.25) is 5.91 Å². The van der Waals surface area contributed by atoms with E-state index in [1.807, 2.05) is 0 Å². The van der Waals surface area contributed by atoms with Crippen molar-refractivity contribution in [2.24, 2.45) is 5.92 Å². The lowest BCUT2D eigenvalue weighted by Gasteiger charge is -2.29. The van der Waals surface area contributed by atoms with Crippen molar-refractivity contribution in [3.05, 3.63) is 17.4 Å². The van der Waals surface area contributed by atoms with E-state index in [-0.39, 0.29) is 5.91 Å². The van der Waals surface area contributed by atoms with E-state index in [0.717, 1.165) is 13.0 Å². The Morgan fingerprint density at radius 2 is 2.45 bits per heavy atom. The summed E-state index contributed by atoms with van der Waals surface area (Å²) in [5.74, 6) is 0.806. The lowest BCUT2D eigenvalue weighted by Crippen LogP contribution is -2.33. The van der Waals surface area contributed by atoms with E-state index >= 15 is 0 Å². The summed E-state index contributed by atoms with van der Waals surface area (Å²) in [5.41, 5.74) is 0. The van der Waals surface area contributed by atoms with Gasteiger partial charge in [0.25, 0.3) is 0 Å². The monoisotopic (exact) mass is 298 g/mol. The zero-order chi connectivity index (χ0) is 14.4. The van der Waals surface area contributed by atoms with Crippen LogP contribution in [0.3, 0.4) is 0 Å². The molecule has 0 aromatic carbocycles. The smallest absolute Gasteiger partial charge is 0.220 e. The van der Waals surface area contributed by atoms with E-state index in [4.69, 9.17) is 11.6 Å². The molecule has 1 unspecified atom stereocenters. The molecule has 1 aromatic heterocycles. The lowest BCUT2D eigenvalue weighted by molar-refractivity contribution is -0.121. The molecule has 112 valence electrons. The van der Waals surface area contributed by atoms with E-state index < -0.39 is 0 Å². The number of hydrogen-bond acceptors (Lipinski definition) is 3. The highest BCUT2D eigenvalue weighted by atomic mass is 35.5. The molecule has 2 rings (SSSR count). The third-order valence-corrected chi connectivity index (χ3v) is 3.96. The van der Waals surface area contributed by atoms with Gasteiger partial charge < -0.3 is 10.2 Å². The molecule has 1 amide bonds. The van der Waals surface area contributed by atoms with E-state index in [1.54, 1.807) is 17.1 Å². The molecule has 1 aliphatic rings. The Bertz CT molecular complexity index is 435. The van der Waals surface area contributed by atoms with Crippen molar-refractivity contribution in [2.75, 3.05) is 26.7 Å². The highest BCUT2D eigenvalue weighted by Gasteiger charge is 2.17. The number of hydrogen-bond donors (Lipinski definition) is 1. The zero-order valence-electron chi connectivity index (χ0n) is 12.0. The second kappa shape index (κ2) is 7.64. The summed E-state index contributed by atoms with van der Waals surface area (Å²) in [5, 5.41) is 7.63. The first kappa shape index (κ1) is 15.3. The molecule has 1 aromatic rings. The summed E-state index contributed by atoms with van der Waals surface area (Å²) >= 11 is 5.77. The summed E-state index contributed by atoms with van der Waals surface area (Å²) in [6.07, 6.45) is 7.48. The fourth-order valence-electron chi connectivity index (χ4n) is 2.70. The Morgan fingerprint density at radius 1 is 1.60 bits per heavy atom. The fraction of sp³-hybridized carbons (Fsp3) is 0.714. The first-order valence-electron chi connectivity index (χ1n) is 7.26. The topological polar surface area (TPSA) is 50.2 Å². The van der Waals surface area contributed by atoms with Crippen LogP contribution in [-0.2, 0) is 11.3 Å². The summed E-state index contributed by atoms with van der Waals surface area (Å²) in [4.78, 5) is 14.1. The molecule has 2 heterocycles. The zero-order valence-corrected chi connectivity index (χ0v) is 12.8. The van der Waals surface area contributed by atoms with Crippen LogP contribution in [0.2, 0.25) is 5.02 Å². The Labute approximate surface area is 125 Å². The van der Waals surface area contributed by atoms with Gasteiger partial charge in [-0.2, -0.15) is 5.10 Å². The average molecular weight is 299 g/mol.